The number of ketones is 1. The van der Waals surface area contributed by atoms with Crippen molar-refractivity contribution in [3.05, 3.63) is 32.9 Å². The Balaban J connectivity index is 3.30. The van der Waals surface area contributed by atoms with Crippen LogP contribution in [-0.2, 0) is 21.4 Å². The quantitative estimate of drug-likeness (QED) is 0.570. The van der Waals surface area contributed by atoms with Crippen molar-refractivity contribution in [1.29, 1.82) is 0 Å². The summed E-state index contributed by atoms with van der Waals surface area (Å²) in [6.45, 7) is 11.1. The lowest BCUT2D eigenvalue weighted by Crippen LogP contribution is -2.44. The number of carbonyl (C=O) groups is 2. The molecule has 0 saturated carbocycles. The molecule has 1 aromatic rings. The Hall–Kier alpha value is -0.910. The lowest BCUT2D eigenvalue weighted by atomic mass is 9.68. The molecule has 22 heavy (non-hydrogen) atoms. The molecule has 0 aliphatic heterocycles. The standard InChI is InChI=1S/C18H25IO3/c1-7-11-8-9-12(10-13(11)19)18(5,6)15(20)14(16(21)22)17(2,3)4/h8-10,14H,7H2,1-6H3,(H,21,22). The van der Waals surface area contributed by atoms with E-state index in [1.54, 1.807) is 20.8 Å². The van der Waals surface area contributed by atoms with Gasteiger partial charge in [-0.1, -0.05) is 39.8 Å². The van der Waals surface area contributed by atoms with Gasteiger partial charge in [-0.3, -0.25) is 9.59 Å². The van der Waals surface area contributed by atoms with Crippen molar-refractivity contribution in [1.82, 2.24) is 0 Å². The second-order valence-corrected chi connectivity index (χ2v) is 8.45. The monoisotopic (exact) mass is 416 g/mol. The molecule has 0 aromatic heterocycles. The first-order valence-electron chi connectivity index (χ1n) is 7.49. The van der Waals surface area contributed by atoms with Gasteiger partial charge in [0.15, 0.2) is 5.78 Å². The zero-order valence-electron chi connectivity index (χ0n) is 14.2. The van der Waals surface area contributed by atoms with Crippen molar-refractivity contribution in [2.24, 2.45) is 11.3 Å². The van der Waals surface area contributed by atoms with E-state index in [0.29, 0.717) is 0 Å². The maximum atomic E-state index is 12.9. The molecule has 1 rings (SSSR count). The Morgan fingerprint density at radius 3 is 2.09 bits per heavy atom. The molecule has 0 bridgehead atoms. The van der Waals surface area contributed by atoms with Gasteiger partial charge in [-0.05, 0) is 65.5 Å². The van der Waals surface area contributed by atoms with Crippen molar-refractivity contribution < 1.29 is 14.7 Å². The predicted molar refractivity (Wildman–Crippen MR) is 97.2 cm³/mol. The normalized spacial score (nSPS) is 13.8. The minimum Gasteiger partial charge on any atom is -0.481 e. The van der Waals surface area contributed by atoms with E-state index in [2.05, 4.69) is 29.5 Å². The molecule has 0 amide bonds. The topological polar surface area (TPSA) is 54.4 Å². The summed E-state index contributed by atoms with van der Waals surface area (Å²) in [5.74, 6) is -2.32. The highest BCUT2D eigenvalue weighted by molar-refractivity contribution is 14.1. The molecule has 1 aromatic carbocycles. The van der Waals surface area contributed by atoms with E-state index < -0.39 is 22.7 Å². The molecule has 1 unspecified atom stereocenters. The highest BCUT2D eigenvalue weighted by atomic mass is 127. The zero-order chi connectivity index (χ0) is 17.3. The van der Waals surface area contributed by atoms with Crippen LogP contribution in [0.2, 0.25) is 0 Å². The summed E-state index contributed by atoms with van der Waals surface area (Å²) in [6, 6.07) is 5.97. The molecule has 0 radical (unpaired) electrons. The van der Waals surface area contributed by atoms with Crippen LogP contribution in [0.4, 0.5) is 0 Å². The average Bonchev–Trinajstić information content (AvgIpc) is 2.36. The maximum Gasteiger partial charge on any atom is 0.314 e. The summed E-state index contributed by atoms with van der Waals surface area (Å²) in [4.78, 5) is 24.5. The molecule has 0 spiro atoms. The number of Topliss-reactive ketones (excluding diaryl/α,β-unsaturated/α-hetero) is 1. The Morgan fingerprint density at radius 2 is 1.73 bits per heavy atom. The summed E-state index contributed by atoms with van der Waals surface area (Å²) in [5.41, 5.74) is 0.659. The van der Waals surface area contributed by atoms with E-state index in [1.165, 1.54) is 5.56 Å². The largest absolute Gasteiger partial charge is 0.481 e. The number of hydrogen-bond acceptors (Lipinski definition) is 2. The summed E-state index contributed by atoms with van der Waals surface area (Å²) < 4.78 is 1.11. The minimum absolute atomic E-state index is 0.243. The fourth-order valence-corrected chi connectivity index (χ4v) is 3.50. The number of benzene rings is 1. The van der Waals surface area contributed by atoms with Crippen LogP contribution < -0.4 is 0 Å². The Kier molecular flexibility index (Phi) is 5.82. The van der Waals surface area contributed by atoms with Gasteiger partial charge in [-0.15, -0.1) is 0 Å². The Morgan fingerprint density at radius 1 is 1.18 bits per heavy atom. The van der Waals surface area contributed by atoms with Gasteiger partial charge in [0.05, 0.1) is 0 Å². The van der Waals surface area contributed by atoms with Crippen LogP contribution >= 0.6 is 22.6 Å². The van der Waals surface area contributed by atoms with E-state index in [4.69, 9.17) is 0 Å². The SMILES string of the molecule is CCc1ccc(C(C)(C)C(=O)C(C(=O)O)C(C)(C)C)cc1I. The third-order valence-electron chi connectivity index (χ3n) is 4.15. The van der Waals surface area contributed by atoms with Crippen molar-refractivity contribution >= 4 is 34.3 Å². The second kappa shape index (κ2) is 6.69. The van der Waals surface area contributed by atoms with Crippen molar-refractivity contribution in [2.75, 3.05) is 0 Å². The van der Waals surface area contributed by atoms with Gasteiger partial charge in [0.1, 0.15) is 5.92 Å². The molecule has 0 aliphatic carbocycles. The van der Waals surface area contributed by atoms with Gasteiger partial charge in [-0.25, -0.2) is 0 Å². The van der Waals surface area contributed by atoms with Gasteiger partial charge in [-0.2, -0.15) is 0 Å². The first kappa shape index (κ1) is 19.1. The highest BCUT2D eigenvalue weighted by Crippen LogP contribution is 2.36. The minimum atomic E-state index is -1.05. The van der Waals surface area contributed by atoms with Crippen LogP contribution in [0, 0.1) is 14.9 Å². The van der Waals surface area contributed by atoms with Crippen molar-refractivity contribution in [3.8, 4) is 0 Å². The van der Waals surface area contributed by atoms with Gasteiger partial charge in [0.2, 0.25) is 0 Å². The maximum absolute atomic E-state index is 12.9. The number of carboxylic acid groups (broad SMARTS) is 1. The number of rotatable bonds is 5. The second-order valence-electron chi connectivity index (χ2n) is 7.29. The van der Waals surface area contributed by atoms with Crippen LogP contribution in [0.15, 0.2) is 18.2 Å². The fraction of sp³-hybridized carbons (Fsp3) is 0.556. The fourth-order valence-electron chi connectivity index (χ4n) is 2.60. The molecular formula is C18H25IO3. The number of aliphatic carboxylic acids is 1. The molecule has 0 heterocycles. The van der Waals surface area contributed by atoms with Gasteiger partial charge in [0, 0.05) is 8.99 Å². The molecule has 0 saturated heterocycles. The summed E-state index contributed by atoms with van der Waals surface area (Å²) in [6.07, 6.45) is 0.937. The lowest BCUT2D eigenvalue weighted by molar-refractivity contribution is -0.152. The summed E-state index contributed by atoms with van der Waals surface area (Å²) in [7, 11) is 0. The number of hydrogen-bond donors (Lipinski definition) is 1. The number of carboxylic acids is 1. The first-order chi connectivity index (χ1) is 9.92. The number of aryl methyl sites for hydroxylation is 1. The predicted octanol–water partition coefficient (Wildman–Crippen LogP) is 4.45. The lowest BCUT2D eigenvalue weighted by Gasteiger charge is -2.33. The third kappa shape index (κ3) is 3.89. The van der Waals surface area contributed by atoms with Crippen LogP contribution in [0.3, 0.4) is 0 Å². The van der Waals surface area contributed by atoms with E-state index in [-0.39, 0.29) is 5.78 Å². The molecule has 1 atom stereocenters. The molecular weight excluding hydrogens is 391 g/mol. The molecule has 3 nitrogen and oxygen atoms in total. The molecule has 0 fully saturated rings. The molecule has 1 N–H and O–H groups in total. The van der Waals surface area contributed by atoms with Crippen LogP contribution in [-0.4, -0.2) is 16.9 Å². The Bertz CT molecular complexity index is 582. The molecule has 0 aliphatic rings. The summed E-state index contributed by atoms with van der Waals surface area (Å²) in [5, 5.41) is 9.50. The first-order valence-corrected chi connectivity index (χ1v) is 8.56. The van der Waals surface area contributed by atoms with Gasteiger partial charge in [0.25, 0.3) is 0 Å². The van der Waals surface area contributed by atoms with Gasteiger partial charge < -0.3 is 5.11 Å². The zero-order valence-corrected chi connectivity index (χ0v) is 16.3. The van der Waals surface area contributed by atoms with Crippen LogP contribution in [0.5, 0.6) is 0 Å². The van der Waals surface area contributed by atoms with Gasteiger partial charge >= 0.3 is 5.97 Å². The Labute approximate surface area is 146 Å². The number of carbonyl (C=O) groups excluding carboxylic acids is 1. The summed E-state index contributed by atoms with van der Waals surface area (Å²) >= 11 is 2.27. The van der Waals surface area contributed by atoms with E-state index >= 15 is 0 Å². The number of halogens is 1. The van der Waals surface area contributed by atoms with E-state index in [1.807, 2.05) is 32.0 Å². The van der Waals surface area contributed by atoms with Crippen molar-refractivity contribution in [2.45, 2.75) is 53.4 Å². The highest BCUT2D eigenvalue weighted by Gasteiger charge is 2.45. The van der Waals surface area contributed by atoms with E-state index in [9.17, 15) is 14.7 Å². The average molecular weight is 416 g/mol. The molecule has 4 heteroatoms. The molecule has 122 valence electrons. The van der Waals surface area contributed by atoms with Crippen LogP contribution in [0.1, 0.15) is 52.7 Å². The third-order valence-corrected chi connectivity index (χ3v) is 5.15. The smallest absolute Gasteiger partial charge is 0.314 e. The van der Waals surface area contributed by atoms with E-state index in [0.717, 1.165) is 15.6 Å². The van der Waals surface area contributed by atoms with Crippen LogP contribution in [0.25, 0.3) is 0 Å². The van der Waals surface area contributed by atoms with Crippen molar-refractivity contribution in [3.63, 3.8) is 0 Å².